The summed E-state index contributed by atoms with van der Waals surface area (Å²) < 4.78 is 5.64. The minimum Gasteiger partial charge on any atom is -0.493 e. The van der Waals surface area contributed by atoms with Crippen LogP contribution in [-0.2, 0) is 0 Å². The van der Waals surface area contributed by atoms with E-state index in [0.717, 1.165) is 30.2 Å². The molecule has 0 aromatic carbocycles. The van der Waals surface area contributed by atoms with Gasteiger partial charge in [-0.2, -0.15) is 0 Å². The Kier molecular flexibility index (Phi) is 3.22. The largest absolute Gasteiger partial charge is 0.493 e. The van der Waals surface area contributed by atoms with Crippen molar-refractivity contribution in [3.8, 4) is 5.75 Å². The molecule has 1 saturated carbocycles. The van der Waals surface area contributed by atoms with Gasteiger partial charge >= 0.3 is 0 Å². The summed E-state index contributed by atoms with van der Waals surface area (Å²) in [5.74, 6) is 1.97. The van der Waals surface area contributed by atoms with E-state index in [-0.39, 0.29) is 6.04 Å². The maximum Gasteiger partial charge on any atom is 0.164 e. The molecule has 2 fully saturated rings. The van der Waals surface area contributed by atoms with Crippen molar-refractivity contribution in [3.05, 3.63) is 11.8 Å². The Bertz CT molecular complexity index is 465. The van der Waals surface area contributed by atoms with Crippen LogP contribution in [0.4, 0.5) is 11.5 Å². The number of rotatable bonds is 3. The van der Waals surface area contributed by atoms with Gasteiger partial charge in [-0.3, -0.25) is 0 Å². The monoisotopic (exact) mass is 262 g/mol. The zero-order chi connectivity index (χ0) is 13.4. The standard InChI is InChI=1S/C14H22N4O/c1-19-14-11(18-7-10(15)8-18)6-12(16)17-13(14)9-4-2-3-5-9/h6,9-10H,2-5,7-8,15H2,1H3,(H2,16,17). The molecule has 0 unspecified atom stereocenters. The van der Waals surface area contributed by atoms with E-state index in [9.17, 15) is 0 Å². The van der Waals surface area contributed by atoms with Crippen molar-refractivity contribution in [2.45, 2.75) is 37.6 Å². The summed E-state index contributed by atoms with van der Waals surface area (Å²) in [5, 5.41) is 0. The number of methoxy groups -OCH3 is 1. The molecule has 0 atom stereocenters. The van der Waals surface area contributed by atoms with Crippen LogP contribution >= 0.6 is 0 Å². The smallest absolute Gasteiger partial charge is 0.164 e. The second kappa shape index (κ2) is 4.89. The van der Waals surface area contributed by atoms with Crippen LogP contribution in [-0.4, -0.2) is 31.2 Å². The summed E-state index contributed by atoms with van der Waals surface area (Å²) >= 11 is 0. The lowest BCUT2D eigenvalue weighted by molar-refractivity contribution is 0.396. The lowest BCUT2D eigenvalue weighted by Gasteiger charge is -2.40. The first-order chi connectivity index (χ1) is 9.19. The second-order valence-electron chi connectivity index (χ2n) is 5.63. The number of nitrogens with two attached hydrogens (primary N) is 2. The van der Waals surface area contributed by atoms with Gasteiger partial charge in [-0.05, 0) is 12.8 Å². The summed E-state index contributed by atoms with van der Waals surface area (Å²) in [6, 6.07) is 2.16. The quantitative estimate of drug-likeness (QED) is 0.862. The fourth-order valence-corrected chi connectivity index (χ4v) is 3.19. The lowest BCUT2D eigenvalue weighted by atomic mass is 10.00. The zero-order valence-electron chi connectivity index (χ0n) is 11.4. The molecule has 1 saturated heterocycles. The van der Waals surface area contributed by atoms with E-state index in [1.54, 1.807) is 7.11 Å². The fraction of sp³-hybridized carbons (Fsp3) is 0.643. The van der Waals surface area contributed by atoms with Crippen molar-refractivity contribution in [3.63, 3.8) is 0 Å². The molecule has 2 aliphatic rings. The summed E-state index contributed by atoms with van der Waals surface area (Å²) in [6.07, 6.45) is 4.92. The van der Waals surface area contributed by atoms with Gasteiger partial charge in [0.2, 0.25) is 0 Å². The van der Waals surface area contributed by atoms with Crippen LogP contribution in [0.5, 0.6) is 5.75 Å². The minimum absolute atomic E-state index is 0.258. The summed E-state index contributed by atoms with van der Waals surface area (Å²) in [6.45, 7) is 1.73. The number of aromatic nitrogens is 1. The van der Waals surface area contributed by atoms with Gasteiger partial charge in [0.25, 0.3) is 0 Å². The molecule has 5 heteroatoms. The van der Waals surface area contributed by atoms with Crippen LogP contribution in [0.25, 0.3) is 0 Å². The number of nitrogen functional groups attached to an aromatic ring is 1. The minimum atomic E-state index is 0.258. The predicted molar refractivity (Wildman–Crippen MR) is 76.6 cm³/mol. The molecule has 1 aromatic rings. The Morgan fingerprint density at radius 3 is 2.58 bits per heavy atom. The van der Waals surface area contributed by atoms with Gasteiger partial charge in [0.1, 0.15) is 5.82 Å². The van der Waals surface area contributed by atoms with Crippen LogP contribution in [0.1, 0.15) is 37.3 Å². The van der Waals surface area contributed by atoms with Gasteiger partial charge in [0.05, 0.1) is 18.5 Å². The van der Waals surface area contributed by atoms with E-state index >= 15 is 0 Å². The molecule has 104 valence electrons. The van der Waals surface area contributed by atoms with Crippen LogP contribution in [0.2, 0.25) is 0 Å². The van der Waals surface area contributed by atoms with Crippen LogP contribution in [0, 0.1) is 0 Å². The van der Waals surface area contributed by atoms with E-state index in [1.165, 1.54) is 25.7 Å². The van der Waals surface area contributed by atoms with E-state index < -0.39 is 0 Å². The fourth-order valence-electron chi connectivity index (χ4n) is 3.19. The molecule has 0 radical (unpaired) electrons. The third-order valence-electron chi connectivity index (χ3n) is 4.20. The van der Waals surface area contributed by atoms with Crippen molar-refractivity contribution in [1.82, 2.24) is 4.98 Å². The predicted octanol–water partition coefficient (Wildman–Crippen LogP) is 1.48. The number of anilines is 2. The average Bonchev–Trinajstić information content (AvgIpc) is 2.87. The molecule has 4 N–H and O–H groups in total. The van der Waals surface area contributed by atoms with Crippen molar-refractivity contribution in [1.29, 1.82) is 0 Å². The molecule has 19 heavy (non-hydrogen) atoms. The first kappa shape index (κ1) is 12.5. The molecule has 1 aliphatic heterocycles. The number of pyridine rings is 1. The highest BCUT2D eigenvalue weighted by molar-refractivity contribution is 5.66. The maximum atomic E-state index is 5.98. The Morgan fingerprint density at radius 1 is 1.32 bits per heavy atom. The highest BCUT2D eigenvalue weighted by Gasteiger charge is 2.30. The Labute approximate surface area is 113 Å². The normalized spacial score (nSPS) is 20.6. The second-order valence-corrected chi connectivity index (χ2v) is 5.63. The number of hydrogen-bond acceptors (Lipinski definition) is 5. The Morgan fingerprint density at radius 2 is 2.00 bits per heavy atom. The van der Waals surface area contributed by atoms with Gasteiger partial charge in [0.15, 0.2) is 5.75 Å². The number of ether oxygens (including phenoxy) is 1. The molecule has 5 nitrogen and oxygen atoms in total. The Hall–Kier alpha value is -1.49. The third-order valence-corrected chi connectivity index (χ3v) is 4.20. The van der Waals surface area contributed by atoms with Crippen LogP contribution in [0.3, 0.4) is 0 Å². The van der Waals surface area contributed by atoms with Crippen molar-refractivity contribution < 1.29 is 4.74 Å². The van der Waals surface area contributed by atoms with E-state index in [4.69, 9.17) is 16.2 Å². The van der Waals surface area contributed by atoms with Crippen molar-refractivity contribution in [2.75, 3.05) is 30.8 Å². The van der Waals surface area contributed by atoms with Gasteiger partial charge in [-0.1, -0.05) is 12.8 Å². The van der Waals surface area contributed by atoms with Gasteiger partial charge < -0.3 is 21.1 Å². The van der Waals surface area contributed by atoms with Gasteiger partial charge in [-0.15, -0.1) is 0 Å². The topological polar surface area (TPSA) is 77.4 Å². The maximum absolute atomic E-state index is 5.98. The molecule has 0 bridgehead atoms. The highest BCUT2D eigenvalue weighted by Crippen LogP contribution is 2.43. The summed E-state index contributed by atoms with van der Waals surface area (Å²) in [4.78, 5) is 6.76. The van der Waals surface area contributed by atoms with Crippen LogP contribution < -0.4 is 21.1 Å². The highest BCUT2D eigenvalue weighted by atomic mass is 16.5. The zero-order valence-corrected chi connectivity index (χ0v) is 11.4. The van der Waals surface area contributed by atoms with Gasteiger partial charge in [0, 0.05) is 31.1 Å². The van der Waals surface area contributed by atoms with E-state index in [0.29, 0.717) is 11.7 Å². The first-order valence-electron chi connectivity index (χ1n) is 7.04. The molecule has 1 aromatic heterocycles. The number of nitrogens with zero attached hydrogens (tertiary/aromatic N) is 2. The Balaban J connectivity index is 1.98. The molecule has 0 amide bonds. The average molecular weight is 262 g/mol. The van der Waals surface area contributed by atoms with Crippen molar-refractivity contribution in [2.24, 2.45) is 5.73 Å². The number of hydrogen-bond donors (Lipinski definition) is 2. The lowest BCUT2D eigenvalue weighted by Crippen LogP contribution is -2.56. The molecular formula is C14H22N4O. The molecule has 2 heterocycles. The molecule has 1 aliphatic carbocycles. The van der Waals surface area contributed by atoms with Crippen LogP contribution in [0.15, 0.2) is 6.07 Å². The van der Waals surface area contributed by atoms with E-state index in [2.05, 4.69) is 9.88 Å². The SMILES string of the molecule is COc1c(N2CC(N)C2)cc(N)nc1C1CCCC1. The molecule has 0 spiro atoms. The van der Waals surface area contributed by atoms with E-state index in [1.807, 2.05) is 6.07 Å². The first-order valence-corrected chi connectivity index (χ1v) is 7.04. The summed E-state index contributed by atoms with van der Waals surface area (Å²) in [7, 11) is 1.72. The third kappa shape index (κ3) is 2.23. The summed E-state index contributed by atoms with van der Waals surface area (Å²) in [5.41, 5.74) is 13.9. The van der Waals surface area contributed by atoms with Gasteiger partial charge in [-0.25, -0.2) is 4.98 Å². The van der Waals surface area contributed by atoms with Crippen molar-refractivity contribution >= 4 is 11.5 Å². The molecule has 3 rings (SSSR count). The molecular weight excluding hydrogens is 240 g/mol.